The van der Waals surface area contributed by atoms with E-state index in [9.17, 15) is 9.18 Å². The van der Waals surface area contributed by atoms with E-state index in [-0.39, 0.29) is 10.9 Å². The molecule has 27 heavy (non-hydrogen) atoms. The molecule has 1 fully saturated rings. The Morgan fingerprint density at radius 1 is 1.44 bits per heavy atom. The van der Waals surface area contributed by atoms with Gasteiger partial charge < -0.3 is 10.2 Å². The first kappa shape index (κ1) is 20.2. The van der Waals surface area contributed by atoms with Crippen LogP contribution in [0.3, 0.4) is 0 Å². The van der Waals surface area contributed by atoms with Crippen LogP contribution in [0.5, 0.6) is 0 Å². The lowest BCUT2D eigenvalue weighted by Crippen LogP contribution is -2.39. The Morgan fingerprint density at radius 3 is 3.00 bits per heavy atom. The summed E-state index contributed by atoms with van der Waals surface area (Å²) < 4.78 is 13.7. The van der Waals surface area contributed by atoms with Crippen molar-refractivity contribution in [2.75, 3.05) is 19.6 Å². The quantitative estimate of drug-likeness (QED) is 0.690. The summed E-state index contributed by atoms with van der Waals surface area (Å²) in [5.74, 6) is -0.600. The second-order valence-corrected chi connectivity index (χ2v) is 8.46. The smallest absolute Gasteiger partial charge is 0.263 e. The van der Waals surface area contributed by atoms with E-state index < -0.39 is 5.82 Å². The number of benzene rings is 1. The lowest BCUT2D eigenvalue weighted by atomic mass is 10.0. The molecule has 1 atom stereocenters. The number of nitrogens with one attached hydrogen (secondary N) is 1. The molecule has 146 valence electrons. The van der Waals surface area contributed by atoms with Gasteiger partial charge in [0.15, 0.2) is 0 Å². The van der Waals surface area contributed by atoms with Crippen molar-refractivity contribution < 1.29 is 9.18 Å². The summed E-state index contributed by atoms with van der Waals surface area (Å²) in [6.45, 7) is 6.89. The molecule has 7 heteroatoms. The first-order valence-corrected chi connectivity index (χ1v) is 10.6. The van der Waals surface area contributed by atoms with Crippen LogP contribution in [0.25, 0.3) is 10.6 Å². The normalized spacial score (nSPS) is 17.9. The maximum atomic E-state index is 13.7. The van der Waals surface area contributed by atoms with Crippen molar-refractivity contribution in [2.24, 2.45) is 0 Å². The Labute approximate surface area is 168 Å². The van der Waals surface area contributed by atoms with E-state index in [0.29, 0.717) is 33.7 Å². The predicted molar refractivity (Wildman–Crippen MR) is 109 cm³/mol. The highest BCUT2D eigenvalue weighted by atomic mass is 35.5. The molecule has 2 aromatic rings. The van der Waals surface area contributed by atoms with Crippen molar-refractivity contribution in [2.45, 2.75) is 45.6 Å². The van der Waals surface area contributed by atoms with Gasteiger partial charge in [0, 0.05) is 24.7 Å². The minimum atomic E-state index is -0.486. The standard InChI is InChI=1S/C20H25ClFN3OS/c1-13-6-3-4-10-25(13)11-5-9-23-19(26)18-14(2)24-20(27-18)15-7-8-16(21)17(22)12-15/h7-8,12-13H,3-6,9-11H2,1-2H3,(H,23,26). The highest BCUT2D eigenvalue weighted by Crippen LogP contribution is 2.30. The minimum absolute atomic E-state index is 0.0769. The summed E-state index contributed by atoms with van der Waals surface area (Å²) >= 11 is 7.01. The van der Waals surface area contributed by atoms with E-state index in [0.717, 1.165) is 19.5 Å². The van der Waals surface area contributed by atoms with Crippen molar-refractivity contribution in [3.8, 4) is 10.6 Å². The fourth-order valence-corrected chi connectivity index (χ4v) is 4.51. The van der Waals surface area contributed by atoms with E-state index in [1.807, 2.05) is 0 Å². The lowest BCUT2D eigenvalue weighted by Gasteiger charge is -2.33. The van der Waals surface area contributed by atoms with Crippen molar-refractivity contribution in [1.29, 1.82) is 0 Å². The monoisotopic (exact) mass is 409 g/mol. The highest BCUT2D eigenvalue weighted by Gasteiger charge is 2.19. The van der Waals surface area contributed by atoms with Crippen LogP contribution in [-0.2, 0) is 0 Å². The van der Waals surface area contributed by atoms with Crippen molar-refractivity contribution in [1.82, 2.24) is 15.2 Å². The van der Waals surface area contributed by atoms with Crippen LogP contribution in [0.2, 0.25) is 5.02 Å². The fourth-order valence-electron chi connectivity index (χ4n) is 3.41. The van der Waals surface area contributed by atoms with Crippen LogP contribution in [0.15, 0.2) is 18.2 Å². The SMILES string of the molecule is Cc1nc(-c2ccc(Cl)c(F)c2)sc1C(=O)NCCCN1CCCCC1C. The van der Waals surface area contributed by atoms with Gasteiger partial charge in [0.1, 0.15) is 15.7 Å². The summed E-state index contributed by atoms with van der Waals surface area (Å²) in [6, 6.07) is 5.21. The van der Waals surface area contributed by atoms with Gasteiger partial charge in [-0.05, 0) is 51.8 Å². The first-order valence-electron chi connectivity index (χ1n) is 9.41. The number of carbonyl (C=O) groups is 1. The summed E-state index contributed by atoms with van der Waals surface area (Å²) in [5.41, 5.74) is 1.29. The first-order chi connectivity index (χ1) is 13.0. The van der Waals surface area contributed by atoms with Crippen LogP contribution in [0.4, 0.5) is 4.39 Å². The Kier molecular flexibility index (Phi) is 6.84. The van der Waals surface area contributed by atoms with Crippen LogP contribution in [0.1, 0.15) is 48.0 Å². The molecule has 0 spiro atoms. The molecule has 1 N–H and O–H groups in total. The summed E-state index contributed by atoms with van der Waals surface area (Å²) in [4.78, 5) is 20.0. The molecule has 1 aliphatic rings. The number of hydrogen-bond acceptors (Lipinski definition) is 4. The molecule has 0 aliphatic carbocycles. The summed E-state index contributed by atoms with van der Waals surface area (Å²) in [6.07, 6.45) is 4.79. The maximum Gasteiger partial charge on any atom is 0.263 e. The molecule has 4 nitrogen and oxygen atoms in total. The lowest BCUT2D eigenvalue weighted by molar-refractivity contribution is 0.0952. The molecular weight excluding hydrogens is 385 g/mol. The molecule has 1 aromatic heterocycles. The molecule has 0 saturated carbocycles. The number of rotatable bonds is 6. The minimum Gasteiger partial charge on any atom is -0.351 e. The average molecular weight is 410 g/mol. The molecule has 0 bridgehead atoms. The van der Waals surface area contributed by atoms with Gasteiger partial charge in [0.2, 0.25) is 0 Å². The van der Waals surface area contributed by atoms with Gasteiger partial charge in [-0.25, -0.2) is 9.37 Å². The third-order valence-electron chi connectivity index (χ3n) is 5.02. The van der Waals surface area contributed by atoms with E-state index in [1.54, 1.807) is 13.0 Å². The molecule has 1 unspecified atom stereocenters. The number of piperidine rings is 1. The van der Waals surface area contributed by atoms with Crippen molar-refractivity contribution >= 4 is 28.8 Å². The number of carbonyl (C=O) groups excluding carboxylic acids is 1. The number of aryl methyl sites for hydroxylation is 1. The Bertz CT molecular complexity index is 811. The number of amides is 1. The number of halogens is 2. The topological polar surface area (TPSA) is 45.2 Å². The third kappa shape index (κ3) is 5.06. The molecule has 1 amide bonds. The molecular formula is C20H25ClFN3OS. The Balaban J connectivity index is 1.55. The average Bonchev–Trinajstić information content (AvgIpc) is 3.04. The highest BCUT2D eigenvalue weighted by molar-refractivity contribution is 7.17. The van der Waals surface area contributed by atoms with Gasteiger partial charge in [-0.2, -0.15) is 0 Å². The zero-order valence-electron chi connectivity index (χ0n) is 15.7. The van der Waals surface area contributed by atoms with Gasteiger partial charge in [-0.1, -0.05) is 24.1 Å². The maximum absolute atomic E-state index is 13.7. The van der Waals surface area contributed by atoms with Gasteiger partial charge in [0.25, 0.3) is 5.91 Å². The number of hydrogen-bond donors (Lipinski definition) is 1. The number of likely N-dealkylation sites (tertiary alicyclic amines) is 1. The van der Waals surface area contributed by atoms with E-state index in [4.69, 9.17) is 11.6 Å². The molecule has 1 aromatic carbocycles. The van der Waals surface area contributed by atoms with Crippen LogP contribution in [0, 0.1) is 12.7 Å². The van der Waals surface area contributed by atoms with E-state index in [1.165, 1.54) is 42.7 Å². The molecule has 0 radical (unpaired) electrons. The van der Waals surface area contributed by atoms with Gasteiger partial charge >= 0.3 is 0 Å². The summed E-state index contributed by atoms with van der Waals surface area (Å²) in [5, 5.41) is 3.69. The molecule has 2 heterocycles. The van der Waals surface area contributed by atoms with E-state index >= 15 is 0 Å². The zero-order valence-corrected chi connectivity index (χ0v) is 17.3. The van der Waals surface area contributed by atoms with E-state index in [2.05, 4.69) is 22.1 Å². The van der Waals surface area contributed by atoms with Crippen LogP contribution >= 0.6 is 22.9 Å². The van der Waals surface area contributed by atoms with Crippen molar-refractivity contribution in [3.63, 3.8) is 0 Å². The number of aromatic nitrogens is 1. The molecule has 1 aliphatic heterocycles. The molecule has 1 saturated heterocycles. The second kappa shape index (κ2) is 9.13. The Hall–Kier alpha value is -1.50. The summed E-state index contributed by atoms with van der Waals surface area (Å²) in [7, 11) is 0. The molecule has 3 rings (SSSR count). The Morgan fingerprint density at radius 2 is 2.26 bits per heavy atom. The fraction of sp³-hybridized carbons (Fsp3) is 0.500. The number of nitrogens with zero attached hydrogens (tertiary/aromatic N) is 2. The zero-order chi connectivity index (χ0) is 19.4. The number of thiazole rings is 1. The second-order valence-electron chi connectivity index (χ2n) is 7.05. The van der Waals surface area contributed by atoms with Gasteiger partial charge in [-0.3, -0.25) is 4.79 Å². The van der Waals surface area contributed by atoms with Crippen molar-refractivity contribution in [3.05, 3.63) is 39.6 Å². The van der Waals surface area contributed by atoms with Gasteiger partial charge in [-0.15, -0.1) is 11.3 Å². The predicted octanol–water partition coefficient (Wildman–Crippen LogP) is 4.91. The third-order valence-corrected chi connectivity index (χ3v) is 6.53. The van der Waals surface area contributed by atoms with Gasteiger partial charge in [0.05, 0.1) is 10.7 Å². The van der Waals surface area contributed by atoms with Crippen LogP contribution in [-0.4, -0.2) is 41.5 Å². The van der Waals surface area contributed by atoms with Crippen LogP contribution < -0.4 is 5.32 Å². The largest absolute Gasteiger partial charge is 0.351 e.